The molecule has 6 atom stereocenters. The number of hydrogen-bond donors (Lipinski definition) is 3. The van der Waals surface area contributed by atoms with E-state index in [9.17, 15) is 43.2 Å². The molecule has 0 spiro atoms. The minimum Gasteiger partial charge on any atom is -0.462 e. The first-order valence-electron chi connectivity index (χ1n) is 36.2. The molecule has 0 heterocycles. The summed E-state index contributed by atoms with van der Waals surface area (Å²) >= 11 is 0. The van der Waals surface area contributed by atoms with Crippen LogP contribution in [0.15, 0.2) is 0 Å². The summed E-state index contributed by atoms with van der Waals surface area (Å²) < 4.78 is 68.3. The highest BCUT2D eigenvalue weighted by molar-refractivity contribution is 7.47. The van der Waals surface area contributed by atoms with Crippen molar-refractivity contribution in [1.82, 2.24) is 0 Å². The zero-order chi connectivity index (χ0) is 66.1. The van der Waals surface area contributed by atoms with Gasteiger partial charge in [-0.2, -0.15) is 0 Å². The van der Waals surface area contributed by atoms with E-state index in [-0.39, 0.29) is 25.7 Å². The molecule has 4 unspecified atom stereocenters. The summed E-state index contributed by atoms with van der Waals surface area (Å²) in [4.78, 5) is 72.5. The molecule has 0 saturated heterocycles. The van der Waals surface area contributed by atoms with Crippen LogP contribution in [-0.2, 0) is 65.4 Å². The van der Waals surface area contributed by atoms with Crippen LogP contribution in [0, 0.1) is 23.7 Å². The number of aliphatic hydroxyl groups excluding tert-OH is 1. The number of unbranched alkanes of at least 4 members (excludes halogenated alkanes) is 32. The predicted molar refractivity (Wildman–Crippen MR) is 358 cm³/mol. The van der Waals surface area contributed by atoms with Crippen LogP contribution in [0.1, 0.15) is 344 Å². The first-order chi connectivity index (χ1) is 42.6. The Morgan fingerprint density at radius 2 is 0.539 bits per heavy atom. The zero-order valence-electron chi connectivity index (χ0n) is 58.1. The fourth-order valence-corrected chi connectivity index (χ4v) is 12.0. The number of carbonyl (C=O) groups excluding carboxylic acids is 4. The summed E-state index contributed by atoms with van der Waals surface area (Å²) in [7, 11) is -9.90. The number of rotatable bonds is 67. The van der Waals surface area contributed by atoms with Gasteiger partial charge in [-0.05, 0) is 49.4 Å². The molecule has 3 N–H and O–H groups in total. The van der Waals surface area contributed by atoms with Gasteiger partial charge in [0.25, 0.3) is 0 Å². The molecule has 0 rings (SSSR count). The highest BCUT2D eigenvalue weighted by Crippen LogP contribution is 2.45. The van der Waals surface area contributed by atoms with Crippen molar-refractivity contribution in [2.24, 2.45) is 23.7 Å². The largest absolute Gasteiger partial charge is 0.472 e. The van der Waals surface area contributed by atoms with Crippen LogP contribution in [0.25, 0.3) is 0 Å². The van der Waals surface area contributed by atoms with Gasteiger partial charge < -0.3 is 33.8 Å². The van der Waals surface area contributed by atoms with Crippen LogP contribution in [0.4, 0.5) is 0 Å². The Kier molecular flexibility index (Phi) is 58.5. The van der Waals surface area contributed by atoms with E-state index in [1.807, 2.05) is 0 Å². The summed E-state index contributed by atoms with van der Waals surface area (Å²) in [6.07, 6.45) is 41.8. The maximum atomic E-state index is 13.0. The number of esters is 4. The third-order valence-corrected chi connectivity index (χ3v) is 18.3. The molecule has 19 heteroatoms. The average Bonchev–Trinajstić information content (AvgIpc) is 3.65. The molecule has 0 aromatic rings. The van der Waals surface area contributed by atoms with Gasteiger partial charge in [-0.25, -0.2) is 9.13 Å². The minimum absolute atomic E-state index is 0.103. The van der Waals surface area contributed by atoms with Crippen molar-refractivity contribution in [3.63, 3.8) is 0 Å². The van der Waals surface area contributed by atoms with E-state index in [0.717, 1.165) is 108 Å². The van der Waals surface area contributed by atoms with Gasteiger partial charge in [0.05, 0.1) is 26.4 Å². The van der Waals surface area contributed by atoms with Crippen molar-refractivity contribution in [3.05, 3.63) is 0 Å². The van der Waals surface area contributed by atoms with Crippen molar-refractivity contribution in [2.75, 3.05) is 39.6 Å². The third-order valence-electron chi connectivity index (χ3n) is 16.4. The Labute approximate surface area is 543 Å². The summed E-state index contributed by atoms with van der Waals surface area (Å²) in [6, 6.07) is 0. The van der Waals surface area contributed by atoms with Crippen molar-refractivity contribution in [1.29, 1.82) is 0 Å². The lowest BCUT2D eigenvalue weighted by molar-refractivity contribution is -0.161. The molecule has 0 saturated carbocycles. The minimum atomic E-state index is -4.95. The number of hydrogen-bond acceptors (Lipinski definition) is 15. The summed E-state index contributed by atoms with van der Waals surface area (Å²) in [5.74, 6) is 0.855. The molecule has 0 aliphatic rings. The highest BCUT2D eigenvalue weighted by Gasteiger charge is 2.30. The second-order valence-electron chi connectivity index (χ2n) is 26.9. The molecule has 0 aromatic heterocycles. The van der Waals surface area contributed by atoms with Gasteiger partial charge in [0.2, 0.25) is 0 Å². The summed E-state index contributed by atoms with van der Waals surface area (Å²) in [6.45, 7) is 14.1. The van der Waals surface area contributed by atoms with E-state index in [2.05, 4.69) is 55.4 Å². The van der Waals surface area contributed by atoms with Gasteiger partial charge in [-0.1, -0.05) is 293 Å². The molecule has 0 aliphatic heterocycles. The molecular weight excluding hydrogens is 1170 g/mol. The number of aliphatic hydroxyl groups is 1. The first-order valence-corrected chi connectivity index (χ1v) is 39.2. The van der Waals surface area contributed by atoms with Crippen LogP contribution in [0.3, 0.4) is 0 Å². The number of phosphoric ester groups is 2. The molecule has 528 valence electrons. The Bertz CT molecular complexity index is 1770. The Hall–Kier alpha value is -1.94. The van der Waals surface area contributed by atoms with Gasteiger partial charge in [0.15, 0.2) is 12.2 Å². The molecule has 89 heavy (non-hydrogen) atoms. The molecule has 0 fully saturated rings. The molecule has 0 aliphatic carbocycles. The Balaban J connectivity index is 5.24. The highest BCUT2D eigenvalue weighted by atomic mass is 31.2. The third kappa shape index (κ3) is 63.2. The fourth-order valence-electron chi connectivity index (χ4n) is 10.5. The lowest BCUT2D eigenvalue weighted by Crippen LogP contribution is -2.30. The van der Waals surface area contributed by atoms with Crippen LogP contribution in [0.5, 0.6) is 0 Å². The molecule has 0 bridgehead atoms. The predicted octanol–water partition coefficient (Wildman–Crippen LogP) is 19.7. The Morgan fingerprint density at radius 3 is 0.798 bits per heavy atom. The van der Waals surface area contributed by atoms with E-state index >= 15 is 0 Å². The fraction of sp³-hybridized carbons (Fsp3) is 0.943. The van der Waals surface area contributed by atoms with Crippen molar-refractivity contribution in [2.45, 2.75) is 363 Å². The second-order valence-corrected chi connectivity index (χ2v) is 29.8. The lowest BCUT2D eigenvalue weighted by Gasteiger charge is -2.21. The normalized spacial score (nSPS) is 14.6. The molecule has 0 amide bonds. The molecule has 0 aromatic carbocycles. The van der Waals surface area contributed by atoms with Gasteiger partial charge in [0, 0.05) is 25.7 Å². The monoisotopic (exact) mass is 1310 g/mol. The van der Waals surface area contributed by atoms with Gasteiger partial charge in [-0.15, -0.1) is 0 Å². The van der Waals surface area contributed by atoms with Crippen LogP contribution in [-0.4, -0.2) is 96.7 Å². The van der Waals surface area contributed by atoms with Crippen LogP contribution in [0.2, 0.25) is 0 Å². The average molecular weight is 1310 g/mol. The smallest absolute Gasteiger partial charge is 0.462 e. The maximum absolute atomic E-state index is 13.0. The number of ether oxygens (including phenoxy) is 4. The Morgan fingerprint density at radius 1 is 0.315 bits per heavy atom. The second kappa shape index (κ2) is 59.8. The summed E-state index contributed by atoms with van der Waals surface area (Å²) in [5, 5.41) is 10.6. The van der Waals surface area contributed by atoms with Gasteiger partial charge >= 0.3 is 39.5 Å². The van der Waals surface area contributed by atoms with Crippen molar-refractivity contribution < 1.29 is 80.2 Å². The van der Waals surface area contributed by atoms with E-state index in [4.69, 9.17) is 37.0 Å². The van der Waals surface area contributed by atoms with Gasteiger partial charge in [-0.3, -0.25) is 37.3 Å². The van der Waals surface area contributed by atoms with E-state index in [0.29, 0.717) is 37.5 Å². The number of carbonyl (C=O) groups is 4. The zero-order valence-corrected chi connectivity index (χ0v) is 59.8. The van der Waals surface area contributed by atoms with E-state index in [1.54, 1.807) is 0 Å². The topological polar surface area (TPSA) is 237 Å². The van der Waals surface area contributed by atoms with Crippen molar-refractivity contribution in [3.8, 4) is 0 Å². The SMILES string of the molecule is CCC(C)CCCCCCCCCCCCC(=O)OC[C@H](COP(=O)(O)OCC(O)COP(=O)(O)OC[C@@H](COC(=O)CCCCCCCCCC(C)C)OC(=O)CCCCCCCCCCCCCCC(C)C)OC(=O)CCCCCCCCCC(C)C. The number of phosphoric acid groups is 2. The first kappa shape index (κ1) is 87.1. The molecule has 17 nitrogen and oxygen atoms in total. The summed E-state index contributed by atoms with van der Waals surface area (Å²) in [5.41, 5.74) is 0. The quantitative estimate of drug-likeness (QED) is 0.0222. The molecule has 0 radical (unpaired) electrons. The standard InChI is InChI=1S/C70H136O17P2/c1-9-63(8)49-41-33-25-17-14-15-18-26-34-42-50-67(72)80-56-66(87-70(75)53-45-37-29-21-24-32-40-48-62(6)7)59-85-89(78,79)83-55-64(71)54-82-88(76,77)84-58-65(57-81-68(73)51-43-35-28-20-23-31-39-47-61(4)5)86-69(74)52-44-36-27-19-13-11-10-12-16-22-30-38-46-60(2)3/h60-66,71H,9-59H2,1-8H3,(H,76,77)(H,78,79)/t63?,64?,65-,66-/m1/s1. The van der Waals surface area contributed by atoms with E-state index in [1.165, 1.54) is 141 Å². The van der Waals surface area contributed by atoms with Crippen molar-refractivity contribution >= 4 is 39.5 Å². The molecular formula is C70H136O17P2. The van der Waals surface area contributed by atoms with Crippen LogP contribution < -0.4 is 0 Å². The lowest BCUT2D eigenvalue weighted by atomic mass is 9.99. The van der Waals surface area contributed by atoms with E-state index < -0.39 is 97.5 Å². The van der Waals surface area contributed by atoms with Crippen LogP contribution >= 0.6 is 15.6 Å². The maximum Gasteiger partial charge on any atom is 0.472 e. The van der Waals surface area contributed by atoms with Gasteiger partial charge in [0.1, 0.15) is 19.3 Å².